The molecule has 5 heteroatoms. The lowest BCUT2D eigenvalue weighted by Gasteiger charge is -2.18. The van der Waals surface area contributed by atoms with Crippen LogP contribution >= 0.6 is 54.5 Å². The molecule has 0 aliphatic heterocycles. The molecule has 0 amide bonds. The van der Waals surface area contributed by atoms with E-state index in [0.717, 1.165) is 34.8 Å². The zero-order chi connectivity index (χ0) is 26.7. The third-order valence-electron chi connectivity index (χ3n) is 6.64. The van der Waals surface area contributed by atoms with Crippen molar-refractivity contribution in [2.24, 2.45) is 0 Å². The number of rotatable bonds is 0. The van der Waals surface area contributed by atoms with Gasteiger partial charge in [0.05, 0.1) is 3.57 Å². The molecule has 37 heavy (non-hydrogen) atoms. The monoisotopic (exact) mass is 730 g/mol. The van der Waals surface area contributed by atoms with Gasteiger partial charge in [-0.25, -0.2) is 0 Å². The van der Waals surface area contributed by atoms with E-state index in [1.165, 1.54) is 32.7 Å². The third-order valence-corrected chi connectivity index (χ3v) is 9.60. The van der Waals surface area contributed by atoms with Crippen molar-refractivity contribution in [2.75, 3.05) is 0 Å². The fraction of sp³-hybridized carbons (Fsp3) is 0.250. The van der Waals surface area contributed by atoms with E-state index in [9.17, 15) is 0 Å². The highest BCUT2D eigenvalue weighted by Gasteiger charge is 2.22. The summed E-state index contributed by atoms with van der Waals surface area (Å²) in [5, 5.41) is 4.77. The van der Waals surface area contributed by atoms with Gasteiger partial charge in [-0.2, -0.15) is 0 Å². The number of benzene rings is 4. The number of furan rings is 2. The van der Waals surface area contributed by atoms with Gasteiger partial charge < -0.3 is 8.83 Å². The van der Waals surface area contributed by atoms with E-state index in [-0.39, 0.29) is 10.8 Å². The number of halogens is 3. The highest BCUT2D eigenvalue weighted by atomic mass is 127. The van der Waals surface area contributed by atoms with E-state index in [1.54, 1.807) is 0 Å². The molecule has 2 heterocycles. The summed E-state index contributed by atoms with van der Waals surface area (Å²) in [7, 11) is 0. The minimum absolute atomic E-state index is 0.0794. The van der Waals surface area contributed by atoms with Crippen LogP contribution in [0.2, 0.25) is 0 Å². The van der Waals surface area contributed by atoms with Gasteiger partial charge in [-0.3, -0.25) is 0 Å². The van der Waals surface area contributed by atoms with Gasteiger partial charge in [0.15, 0.2) is 0 Å². The van der Waals surface area contributed by atoms with Gasteiger partial charge in [0.25, 0.3) is 0 Å². The molecular formula is C32H29Br2IO2. The average molecular weight is 732 g/mol. The Morgan fingerprint density at radius 1 is 0.595 bits per heavy atom. The second-order valence-corrected chi connectivity index (χ2v) is 14.3. The van der Waals surface area contributed by atoms with Crippen LogP contribution in [0.25, 0.3) is 43.9 Å². The van der Waals surface area contributed by atoms with Crippen LogP contribution in [0.1, 0.15) is 52.7 Å². The molecule has 0 atom stereocenters. The zero-order valence-corrected chi connectivity index (χ0v) is 27.1. The highest BCUT2D eigenvalue weighted by Crippen LogP contribution is 2.40. The summed E-state index contributed by atoms with van der Waals surface area (Å²) in [6, 6.07) is 23.2. The molecule has 6 aromatic rings. The average Bonchev–Trinajstić information content (AvgIpc) is 3.38. The lowest BCUT2D eigenvalue weighted by atomic mass is 9.86. The van der Waals surface area contributed by atoms with Crippen molar-refractivity contribution < 1.29 is 8.83 Å². The Bertz CT molecular complexity index is 1780. The van der Waals surface area contributed by atoms with Crippen molar-refractivity contribution >= 4 is 98.3 Å². The molecule has 0 spiro atoms. The Balaban J connectivity index is 0.000000152. The van der Waals surface area contributed by atoms with Gasteiger partial charge in [0, 0.05) is 41.6 Å². The Labute approximate surface area is 248 Å². The van der Waals surface area contributed by atoms with Crippen LogP contribution in [0.5, 0.6) is 0 Å². The fourth-order valence-corrected chi connectivity index (χ4v) is 5.99. The van der Waals surface area contributed by atoms with Gasteiger partial charge in [0.2, 0.25) is 0 Å². The van der Waals surface area contributed by atoms with Crippen molar-refractivity contribution in [3.63, 3.8) is 0 Å². The van der Waals surface area contributed by atoms with Crippen LogP contribution in [0.4, 0.5) is 0 Å². The predicted octanol–water partition coefficient (Wildman–Crippen LogP) is 11.9. The van der Waals surface area contributed by atoms with Gasteiger partial charge in [-0.15, -0.1) is 0 Å². The van der Waals surface area contributed by atoms with Crippen molar-refractivity contribution in [1.29, 1.82) is 0 Å². The van der Waals surface area contributed by atoms with Crippen LogP contribution in [0.15, 0.2) is 84.5 Å². The molecule has 0 bridgehead atoms. The summed E-state index contributed by atoms with van der Waals surface area (Å²) in [5.74, 6) is 0. The molecule has 0 saturated heterocycles. The smallest absolute Gasteiger partial charge is 0.149 e. The summed E-state index contributed by atoms with van der Waals surface area (Å²) in [4.78, 5) is 0. The molecular weight excluding hydrogens is 703 g/mol. The number of para-hydroxylation sites is 2. The van der Waals surface area contributed by atoms with Crippen LogP contribution in [-0.4, -0.2) is 0 Å². The minimum atomic E-state index is 0.0794. The Morgan fingerprint density at radius 3 is 1.70 bits per heavy atom. The fourth-order valence-electron chi connectivity index (χ4n) is 4.76. The van der Waals surface area contributed by atoms with Gasteiger partial charge in [-0.1, -0.05) is 93.9 Å². The largest absolute Gasteiger partial charge is 0.456 e. The first-order chi connectivity index (χ1) is 17.4. The van der Waals surface area contributed by atoms with Gasteiger partial charge in [-0.05, 0) is 79.7 Å². The molecule has 0 saturated carbocycles. The van der Waals surface area contributed by atoms with Crippen LogP contribution in [0, 0.1) is 3.57 Å². The lowest BCUT2D eigenvalue weighted by molar-refractivity contribution is 0.572. The van der Waals surface area contributed by atoms with E-state index in [4.69, 9.17) is 8.83 Å². The van der Waals surface area contributed by atoms with Gasteiger partial charge >= 0.3 is 0 Å². The second-order valence-electron chi connectivity index (χ2n) is 11.4. The number of hydrogen-bond donors (Lipinski definition) is 0. The Kier molecular flexibility index (Phi) is 7.04. The maximum absolute atomic E-state index is 6.18. The number of hydrogen-bond acceptors (Lipinski definition) is 2. The molecule has 0 N–H and O–H groups in total. The molecule has 2 nitrogen and oxygen atoms in total. The second kappa shape index (κ2) is 9.73. The Morgan fingerprint density at radius 2 is 1.11 bits per heavy atom. The zero-order valence-electron chi connectivity index (χ0n) is 21.8. The summed E-state index contributed by atoms with van der Waals surface area (Å²) >= 11 is 9.38. The first-order valence-electron chi connectivity index (χ1n) is 12.3. The lowest BCUT2D eigenvalue weighted by Crippen LogP contribution is -2.10. The van der Waals surface area contributed by atoms with Crippen LogP contribution in [-0.2, 0) is 10.8 Å². The summed E-state index contributed by atoms with van der Waals surface area (Å²) in [5.41, 5.74) is 6.62. The Hall–Kier alpha value is -1.83. The molecule has 0 aliphatic rings. The molecule has 0 fully saturated rings. The molecule has 2 aromatic heterocycles. The van der Waals surface area contributed by atoms with Gasteiger partial charge in [0.1, 0.15) is 22.3 Å². The van der Waals surface area contributed by atoms with E-state index in [1.807, 2.05) is 6.07 Å². The summed E-state index contributed by atoms with van der Waals surface area (Å²) < 4.78 is 15.5. The minimum Gasteiger partial charge on any atom is -0.456 e. The molecule has 0 aliphatic carbocycles. The SMILES string of the molecule is CC(C)(C)c1cccc2c1oc1c(I)c(Br)ccc12.CC(C)(C)c1cccc2c1oc1cc(Br)ccc12. The molecule has 0 radical (unpaired) electrons. The predicted molar refractivity (Wildman–Crippen MR) is 173 cm³/mol. The van der Waals surface area contributed by atoms with E-state index in [2.05, 4.69) is 157 Å². The summed E-state index contributed by atoms with van der Waals surface area (Å²) in [6.07, 6.45) is 0. The maximum Gasteiger partial charge on any atom is 0.149 e. The maximum atomic E-state index is 6.18. The third kappa shape index (κ3) is 4.99. The normalized spacial score (nSPS) is 12.5. The van der Waals surface area contributed by atoms with Crippen LogP contribution in [0.3, 0.4) is 0 Å². The first kappa shape index (κ1) is 26.8. The molecule has 0 unspecified atom stereocenters. The van der Waals surface area contributed by atoms with E-state index in [0.29, 0.717) is 0 Å². The first-order valence-corrected chi connectivity index (χ1v) is 14.9. The topological polar surface area (TPSA) is 26.3 Å². The quantitative estimate of drug-likeness (QED) is 0.145. The summed E-state index contributed by atoms with van der Waals surface area (Å²) in [6.45, 7) is 13.3. The molecule has 190 valence electrons. The van der Waals surface area contributed by atoms with Crippen molar-refractivity contribution in [3.05, 3.63) is 90.4 Å². The van der Waals surface area contributed by atoms with Crippen LogP contribution < -0.4 is 0 Å². The van der Waals surface area contributed by atoms with E-state index < -0.39 is 0 Å². The molecule has 4 aromatic carbocycles. The van der Waals surface area contributed by atoms with Crippen molar-refractivity contribution in [2.45, 2.75) is 52.4 Å². The highest BCUT2D eigenvalue weighted by molar-refractivity contribution is 14.1. The van der Waals surface area contributed by atoms with Crippen molar-refractivity contribution in [1.82, 2.24) is 0 Å². The number of fused-ring (bicyclic) bond motifs is 6. The molecule has 6 rings (SSSR count). The van der Waals surface area contributed by atoms with E-state index >= 15 is 0 Å². The standard InChI is InChI=1S/C16H14BrIO.C16H15BrO/c1-16(2,3)11-6-4-5-9-10-7-8-12(17)13(18)15(10)19-14(9)11;1-16(2,3)13-6-4-5-12-11-8-7-10(17)9-14(11)18-15(12)13/h4-8H,1-3H3;4-9H,1-3H3. The van der Waals surface area contributed by atoms with Crippen molar-refractivity contribution in [3.8, 4) is 0 Å².